The van der Waals surface area contributed by atoms with E-state index in [1.54, 1.807) is 0 Å². The van der Waals surface area contributed by atoms with Gasteiger partial charge in [0, 0.05) is 6.20 Å². The van der Waals surface area contributed by atoms with Crippen LogP contribution < -0.4 is 16.8 Å². The maximum Gasteiger partial charge on any atom is 0.305 e. The number of nitrogens with zero attached hydrogens (tertiary/aromatic N) is 2. The maximum atomic E-state index is 11.5. The van der Waals surface area contributed by atoms with Gasteiger partial charge in [-0.1, -0.05) is 0 Å². The van der Waals surface area contributed by atoms with Crippen LogP contribution in [0.4, 0.5) is 5.69 Å². The summed E-state index contributed by atoms with van der Waals surface area (Å²) in [5.41, 5.74) is 10.6. The fraction of sp³-hybridized carbons (Fsp3) is 0.333. The molecule has 0 aliphatic rings. The van der Waals surface area contributed by atoms with E-state index in [4.69, 9.17) is 16.6 Å². The predicted octanol–water partition coefficient (Wildman–Crippen LogP) is -1.89. The summed E-state index contributed by atoms with van der Waals surface area (Å²) in [5, 5.41) is 14.6. The maximum absolute atomic E-state index is 11.5. The zero-order valence-corrected chi connectivity index (χ0v) is 9.37. The number of aromatic nitrogens is 2. The molecule has 0 radical (unpaired) electrons. The summed E-state index contributed by atoms with van der Waals surface area (Å²) in [6.07, 6.45) is 2.21. The van der Waals surface area contributed by atoms with Crippen molar-refractivity contribution in [1.29, 1.82) is 0 Å². The van der Waals surface area contributed by atoms with Crippen LogP contribution in [0.25, 0.3) is 0 Å². The largest absolute Gasteiger partial charge is 0.481 e. The van der Waals surface area contributed by atoms with Crippen LogP contribution in [-0.2, 0) is 20.9 Å². The van der Waals surface area contributed by atoms with E-state index in [2.05, 4.69) is 10.4 Å². The molecule has 1 aromatic heterocycles. The van der Waals surface area contributed by atoms with Crippen LogP contribution in [-0.4, -0.2) is 38.7 Å². The van der Waals surface area contributed by atoms with Crippen molar-refractivity contribution in [1.82, 2.24) is 9.78 Å². The number of amides is 2. The molecule has 0 aliphatic heterocycles. The molecular weight excluding hydrogens is 242 g/mol. The first-order valence-electron chi connectivity index (χ1n) is 4.97. The third-order valence-electron chi connectivity index (χ3n) is 1.95. The lowest BCUT2D eigenvalue weighted by atomic mass is 10.2. The van der Waals surface area contributed by atoms with Crippen LogP contribution >= 0.6 is 0 Å². The predicted molar refractivity (Wildman–Crippen MR) is 60.3 cm³/mol. The number of aliphatic carboxylic acids is 1. The van der Waals surface area contributed by atoms with Crippen molar-refractivity contribution in [3.8, 4) is 0 Å². The standard InChI is InChI=1S/C9H13N5O4/c10-6(1-8(16)17)9(18)13-5-2-12-14(3-5)4-7(11)15/h2-3,6H,1,4,10H2,(H2,11,15)(H,13,18)(H,16,17). The summed E-state index contributed by atoms with van der Waals surface area (Å²) >= 11 is 0. The molecule has 98 valence electrons. The highest BCUT2D eigenvalue weighted by Gasteiger charge is 2.17. The van der Waals surface area contributed by atoms with Crippen LogP contribution in [0.3, 0.4) is 0 Å². The van der Waals surface area contributed by atoms with Crippen LogP contribution in [0.15, 0.2) is 12.4 Å². The van der Waals surface area contributed by atoms with Gasteiger partial charge < -0.3 is 21.9 Å². The highest BCUT2D eigenvalue weighted by Crippen LogP contribution is 2.05. The molecule has 1 heterocycles. The Balaban J connectivity index is 2.56. The fourth-order valence-electron chi connectivity index (χ4n) is 1.19. The molecule has 0 aromatic carbocycles. The number of carbonyl (C=O) groups excluding carboxylic acids is 2. The number of primary amides is 1. The molecule has 6 N–H and O–H groups in total. The number of carboxylic acid groups (broad SMARTS) is 1. The molecule has 0 fully saturated rings. The molecule has 0 aliphatic carbocycles. The van der Waals surface area contributed by atoms with E-state index >= 15 is 0 Å². The van der Waals surface area contributed by atoms with Gasteiger partial charge in [-0.3, -0.25) is 19.1 Å². The molecule has 0 saturated carbocycles. The Morgan fingerprint density at radius 1 is 1.50 bits per heavy atom. The Labute approximate surface area is 102 Å². The summed E-state index contributed by atoms with van der Waals surface area (Å²) in [5.74, 6) is -2.38. The molecule has 1 rings (SSSR count). The number of carboxylic acids is 1. The zero-order chi connectivity index (χ0) is 13.7. The van der Waals surface area contributed by atoms with E-state index in [9.17, 15) is 14.4 Å². The first-order valence-corrected chi connectivity index (χ1v) is 4.97. The third kappa shape index (κ3) is 4.22. The van der Waals surface area contributed by atoms with Gasteiger partial charge in [-0.2, -0.15) is 5.10 Å². The third-order valence-corrected chi connectivity index (χ3v) is 1.95. The highest BCUT2D eigenvalue weighted by molar-refractivity contribution is 5.96. The van der Waals surface area contributed by atoms with Gasteiger partial charge in [0.15, 0.2) is 0 Å². The van der Waals surface area contributed by atoms with Crippen molar-refractivity contribution in [3.63, 3.8) is 0 Å². The number of hydrogen-bond donors (Lipinski definition) is 4. The molecule has 2 amide bonds. The summed E-state index contributed by atoms with van der Waals surface area (Å²) in [4.78, 5) is 32.4. The average molecular weight is 255 g/mol. The molecule has 9 nitrogen and oxygen atoms in total. The number of anilines is 1. The molecule has 0 spiro atoms. The van der Waals surface area contributed by atoms with Crippen LogP contribution in [0, 0.1) is 0 Å². The van der Waals surface area contributed by atoms with Crippen molar-refractivity contribution < 1.29 is 19.5 Å². The van der Waals surface area contributed by atoms with E-state index in [1.807, 2.05) is 0 Å². The number of hydrogen-bond acceptors (Lipinski definition) is 5. The van der Waals surface area contributed by atoms with Crippen LogP contribution in [0.5, 0.6) is 0 Å². The average Bonchev–Trinajstić information content (AvgIpc) is 2.63. The number of carbonyl (C=O) groups is 3. The van der Waals surface area contributed by atoms with Crippen LogP contribution in [0.2, 0.25) is 0 Å². The van der Waals surface area contributed by atoms with Gasteiger partial charge in [0.25, 0.3) is 0 Å². The molecule has 9 heteroatoms. The van der Waals surface area contributed by atoms with Crippen LogP contribution in [0.1, 0.15) is 6.42 Å². The van der Waals surface area contributed by atoms with Gasteiger partial charge in [-0.05, 0) is 0 Å². The molecule has 1 atom stereocenters. The summed E-state index contributed by atoms with van der Waals surface area (Å²) in [6, 6.07) is -1.15. The number of nitrogens with one attached hydrogen (secondary N) is 1. The first-order chi connectivity index (χ1) is 8.38. The lowest BCUT2D eigenvalue weighted by Crippen LogP contribution is -2.37. The summed E-state index contributed by atoms with van der Waals surface area (Å²) < 4.78 is 1.24. The smallest absolute Gasteiger partial charge is 0.305 e. The first kappa shape index (κ1) is 13.6. The summed E-state index contributed by atoms with van der Waals surface area (Å²) in [6.45, 7) is -0.114. The van der Waals surface area contributed by atoms with Gasteiger partial charge in [0.1, 0.15) is 6.54 Å². The molecule has 1 unspecified atom stereocenters. The van der Waals surface area contributed by atoms with E-state index in [1.165, 1.54) is 17.1 Å². The van der Waals surface area contributed by atoms with Gasteiger partial charge in [-0.15, -0.1) is 0 Å². The lowest BCUT2D eigenvalue weighted by Gasteiger charge is -2.07. The Morgan fingerprint density at radius 3 is 2.72 bits per heavy atom. The van der Waals surface area contributed by atoms with E-state index < -0.39 is 30.2 Å². The monoisotopic (exact) mass is 255 g/mol. The summed E-state index contributed by atoms with van der Waals surface area (Å²) in [7, 11) is 0. The number of nitrogens with two attached hydrogens (primary N) is 2. The molecule has 0 bridgehead atoms. The van der Waals surface area contributed by atoms with Crippen molar-refractivity contribution in [2.24, 2.45) is 11.5 Å². The van der Waals surface area contributed by atoms with Gasteiger partial charge >= 0.3 is 5.97 Å². The highest BCUT2D eigenvalue weighted by atomic mass is 16.4. The Kier molecular flexibility index (Phi) is 4.38. The van der Waals surface area contributed by atoms with Gasteiger partial charge in [0.05, 0.1) is 24.3 Å². The topological polar surface area (TPSA) is 153 Å². The quantitative estimate of drug-likeness (QED) is 0.466. The van der Waals surface area contributed by atoms with Crippen molar-refractivity contribution >= 4 is 23.5 Å². The van der Waals surface area contributed by atoms with Crippen molar-refractivity contribution in [3.05, 3.63) is 12.4 Å². The van der Waals surface area contributed by atoms with Crippen molar-refractivity contribution in [2.75, 3.05) is 5.32 Å². The molecule has 1 aromatic rings. The Morgan fingerprint density at radius 2 is 2.17 bits per heavy atom. The Hall–Kier alpha value is -2.42. The van der Waals surface area contributed by atoms with E-state index in [0.717, 1.165) is 0 Å². The minimum atomic E-state index is -1.16. The van der Waals surface area contributed by atoms with Crippen molar-refractivity contribution in [2.45, 2.75) is 19.0 Å². The lowest BCUT2D eigenvalue weighted by molar-refractivity contribution is -0.138. The minimum Gasteiger partial charge on any atom is -0.481 e. The molecular formula is C9H13N5O4. The van der Waals surface area contributed by atoms with Gasteiger partial charge in [-0.25, -0.2) is 0 Å². The Bertz CT molecular complexity index is 469. The zero-order valence-electron chi connectivity index (χ0n) is 9.37. The number of rotatable bonds is 6. The minimum absolute atomic E-state index is 0.114. The fourth-order valence-corrected chi connectivity index (χ4v) is 1.19. The molecule has 18 heavy (non-hydrogen) atoms. The second kappa shape index (κ2) is 5.77. The van der Waals surface area contributed by atoms with Gasteiger partial charge in [0.2, 0.25) is 11.8 Å². The van der Waals surface area contributed by atoms with E-state index in [-0.39, 0.29) is 6.54 Å². The normalized spacial score (nSPS) is 11.8. The SMILES string of the molecule is NC(=O)Cn1cc(NC(=O)C(N)CC(=O)O)cn1. The second-order valence-corrected chi connectivity index (χ2v) is 3.59. The molecule has 0 saturated heterocycles. The van der Waals surface area contributed by atoms with E-state index in [0.29, 0.717) is 5.69 Å². The second-order valence-electron chi connectivity index (χ2n) is 3.59.